The fourth-order valence-corrected chi connectivity index (χ4v) is 1.67. The van der Waals surface area contributed by atoms with Gasteiger partial charge in [-0.2, -0.15) is 0 Å². The fraction of sp³-hybridized carbons (Fsp3) is 0.500. The van der Waals surface area contributed by atoms with Gasteiger partial charge in [0.2, 0.25) is 0 Å². The van der Waals surface area contributed by atoms with E-state index in [1.807, 2.05) is 12.1 Å². The van der Waals surface area contributed by atoms with E-state index < -0.39 is 0 Å². The van der Waals surface area contributed by atoms with Crippen molar-refractivity contribution in [1.82, 2.24) is 10.6 Å². The van der Waals surface area contributed by atoms with Gasteiger partial charge in [0.15, 0.2) is 5.96 Å². The molecule has 1 aromatic rings. The van der Waals surface area contributed by atoms with Gasteiger partial charge in [-0.25, -0.2) is 0 Å². The molecule has 0 bridgehead atoms. The molecule has 1 heterocycles. The number of guanidine groups is 1. The molecule has 0 amide bonds. The Hall–Kier alpha value is -1.71. The maximum atomic E-state index is 5.64. The summed E-state index contributed by atoms with van der Waals surface area (Å²) in [6, 6.07) is 8.20. The molecule has 4 nitrogen and oxygen atoms in total. The van der Waals surface area contributed by atoms with E-state index in [2.05, 4.69) is 41.6 Å². The van der Waals surface area contributed by atoms with E-state index in [-0.39, 0.29) is 0 Å². The summed E-state index contributed by atoms with van der Waals surface area (Å²) >= 11 is 0. The highest BCUT2D eigenvalue weighted by atomic mass is 16.5. The second kappa shape index (κ2) is 6.28. The van der Waals surface area contributed by atoms with Crippen molar-refractivity contribution in [2.75, 3.05) is 19.7 Å². The summed E-state index contributed by atoms with van der Waals surface area (Å²) in [6.45, 7) is 7.64. The highest BCUT2D eigenvalue weighted by Gasteiger charge is 2.03. The average Bonchev–Trinajstić information content (AvgIpc) is 2.88. The zero-order valence-electron chi connectivity index (χ0n) is 11.1. The van der Waals surface area contributed by atoms with Crippen LogP contribution in [0.1, 0.15) is 19.4 Å². The molecule has 4 heteroatoms. The molecule has 2 N–H and O–H groups in total. The smallest absolute Gasteiger partial charge is 0.191 e. The number of nitrogens with one attached hydrogen (secondary N) is 2. The minimum atomic E-state index is 0.554. The van der Waals surface area contributed by atoms with Gasteiger partial charge in [0.25, 0.3) is 0 Å². The van der Waals surface area contributed by atoms with E-state index in [1.54, 1.807) is 0 Å². The van der Waals surface area contributed by atoms with Crippen molar-refractivity contribution in [1.29, 1.82) is 0 Å². The van der Waals surface area contributed by atoms with Crippen molar-refractivity contribution < 1.29 is 4.74 Å². The fourth-order valence-electron chi connectivity index (χ4n) is 1.67. The molecule has 18 heavy (non-hydrogen) atoms. The molecule has 0 fully saturated rings. The first kappa shape index (κ1) is 12.7. The van der Waals surface area contributed by atoms with Gasteiger partial charge in [0, 0.05) is 13.1 Å². The van der Waals surface area contributed by atoms with E-state index in [0.29, 0.717) is 5.92 Å². The molecule has 0 radical (unpaired) electrons. The van der Waals surface area contributed by atoms with Crippen molar-refractivity contribution in [3.63, 3.8) is 0 Å². The van der Waals surface area contributed by atoms with Crippen LogP contribution in [0.5, 0.6) is 5.75 Å². The molecule has 98 valence electrons. The second-order valence-corrected chi connectivity index (χ2v) is 4.86. The zero-order valence-corrected chi connectivity index (χ0v) is 11.1. The molecule has 1 aliphatic heterocycles. The zero-order chi connectivity index (χ0) is 12.8. The van der Waals surface area contributed by atoms with Crippen LogP contribution < -0.4 is 15.4 Å². The number of aliphatic imine (C=N–C) groups is 1. The van der Waals surface area contributed by atoms with Gasteiger partial charge in [-0.15, -0.1) is 0 Å². The molecule has 0 unspecified atom stereocenters. The topological polar surface area (TPSA) is 45.6 Å². The lowest BCUT2D eigenvalue weighted by Gasteiger charge is -2.10. The van der Waals surface area contributed by atoms with Crippen LogP contribution in [0, 0.1) is 5.92 Å². The van der Waals surface area contributed by atoms with Crippen molar-refractivity contribution in [3.8, 4) is 5.75 Å². The largest absolute Gasteiger partial charge is 0.493 e. The first-order valence-electron chi connectivity index (χ1n) is 6.48. The quantitative estimate of drug-likeness (QED) is 0.833. The van der Waals surface area contributed by atoms with E-state index in [0.717, 1.165) is 38.0 Å². The summed E-state index contributed by atoms with van der Waals surface area (Å²) in [5.74, 6) is 2.39. The molecular formula is C14H21N3O. The van der Waals surface area contributed by atoms with Crippen molar-refractivity contribution in [2.45, 2.75) is 20.4 Å². The molecule has 1 aromatic carbocycles. The lowest BCUT2D eigenvalue weighted by Crippen LogP contribution is -2.33. The highest BCUT2D eigenvalue weighted by molar-refractivity contribution is 5.81. The number of nitrogens with zero attached hydrogens (tertiary/aromatic N) is 1. The standard InChI is InChI=1S/C14H21N3O/c1-11(2)10-18-13-5-3-12(4-6-13)9-17-14-15-7-8-16-14/h3-6,11H,7-10H2,1-2H3,(H2,15,16,17). The Balaban J connectivity index is 1.79. The molecule has 0 saturated carbocycles. The van der Waals surface area contributed by atoms with Crippen molar-refractivity contribution in [3.05, 3.63) is 29.8 Å². The molecule has 0 aliphatic carbocycles. The monoisotopic (exact) mass is 247 g/mol. The first-order valence-corrected chi connectivity index (χ1v) is 6.48. The number of ether oxygens (including phenoxy) is 1. The van der Waals surface area contributed by atoms with Gasteiger partial charge < -0.3 is 15.4 Å². The lowest BCUT2D eigenvalue weighted by molar-refractivity contribution is 0.271. The minimum Gasteiger partial charge on any atom is -0.493 e. The van der Waals surface area contributed by atoms with Gasteiger partial charge in [0.05, 0.1) is 13.2 Å². The molecule has 2 rings (SSSR count). The third kappa shape index (κ3) is 3.95. The third-order valence-electron chi connectivity index (χ3n) is 2.64. The van der Waals surface area contributed by atoms with Crippen LogP contribution in [0.3, 0.4) is 0 Å². The third-order valence-corrected chi connectivity index (χ3v) is 2.64. The Morgan fingerprint density at radius 1 is 1.33 bits per heavy atom. The molecular weight excluding hydrogens is 226 g/mol. The number of rotatable bonds is 5. The summed E-state index contributed by atoms with van der Waals surface area (Å²) in [7, 11) is 0. The van der Waals surface area contributed by atoms with E-state index in [4.69, 9.17) is 4.74 Å². The van der Waals surface area contributed by atoms with Gasteiger partial charge in [-0.1, -0.05) is 26.0 Å². The molecule has 0 atom stereocenters. The highest BCUT2D eigenvalue weighted by Crippen LogP contribution is 2.13. The Morgan fingerprint density at radius 2 is 2.11 bits per heavy atom. The van der Waals surface area contributed by atoms with Crippen LogP contribution >= 0.6 is 0 Å². The summed E-state index contributed by atoms with van der Waals surface area (Å²) in [5, 5.41) is 6.45. The van der Waals surface area contributed by atoms with Gasteiger partial charge >= 0.3 is 0 Å². The van der Waals surface area contributed by atoms with Crippen LogP contribution in [0.2, 0.25) is 0 Å². The molecule has 0 aromatic heterocycles. The van der Waals surface area contributed by atoms with Crippen LogP contribution in [-0.4, -0.2) is 25.7 Å². The van der Waals surface area contributed by atoms with Gasteiger partial charge in [0.1, 0.15) is 5.75 Å². The normalized spacial score (nSPS) is 14.3. The maximum Gasteiger partial charge on any atom is 0.191 e. The number of benzene rings is 1. The summed E-state index contributed by atoms with van der Waals surface area (Å²) in [6.07, 6.45) is 0. The van der Waals surface area contributed by atoms with Crippen molar-refractivity contribution >= 4 is 5.96 Å². The van der Waals surface area contributed by atoms with Gasteiger partial charge in [-0.3, -0.25) is 4.99 Å². The summed E-state index contributed by atoms with van der Waals surface area (Å²) in [5.41, 5.74) is 1.23. The SMILES string of the molecule is CC(C)COc1ccc(CNC2=NCCN2)cc1. The van der Waals surface area contributed by atoms with E-state index >= 15 is 0 Å². The van der Waals surface area contributed by atoms with Crippen LogP contribution in [0.15, 0.2) is 29.3 Å². The van der Waals surface area contributed by atoms with Crippen LogP contribution in [0.25, 0.3) is 0 Å². The molecule has 0 saturated heterocycles. The Labute approximate surface area is 108 Å². The number of hydrogen-bond donors (Lipinski definition) is 2. The van der Waals surface area contributed by atoms with Crippen LogP contribution in [-0.2, 0) is 6.54 Å². The average molecular weight is 247 g/mol. The van der Waals surface area contributed by atoms with Gasteiger partial charge in [-0.05, 0) is 23.6 Å². The Bertz CT molecular complexity index is 398. The Morgan fingerprint density at radius 3 is 2.72 bits per heavy atom. The summed E-state index contributed by atoms with van der Waals surface area (Å²) < 4.78 is 5.64. The van der Waals surface area contributed by atoms with E-state index in [1.165, 1.54) is 5.56 Å². The summed E-state index contributed by atoms with van der Waals surface area (Å²) in [4.78, 5) is 4.29. The van der Waals surface area contributed by atoms with E-state index in [9.17, 15) is 0 Å². The minimum absolute atomic E-state index is 0.554. The molecule has 0 spiro atoms. The predicted octanol–water partition coefficient (Wildman–Crippen LogP) is 1.77. The lowest BCUT2D eigenvalue weighted by atomic mass is 10.2. The Kier molecular flexibility index (Phi) is 4.45. The molecule has 1 aliphatic rings. The maximum absolute atomic E-state index is 5.64. The number of hydrogen-bond acceptors (Lipinski definition) is 4. The van der Waals surface area contributed by atoms with Crippen LogP contribution in [0.4, 0.5) is 0 Å². The first-order chi connectivity index (χ1) is 8.74. The van der Waals surface area contributed by atoms with Crippen molar-refractivity contribution in [2.24, 2.45) is 10.9 Å². The second-order valence-electron chi connectivity index (χ2n) is 4.86. The predicted molar refractivity (Wildman–Crippen MR) is 73.9 cm³/mol.